The number of amides is 1. The molecule has 1 aliphatic rings. The number of hydrogen-bond acceptors (Lipinski definition) is 3. The highest BCUT2D eigenvalue weighted by atomic mass is 19.2. The van der Waals surface area contributed by atoms with Crippen LogP contribution in [0.25, 0.3) is 0 Å². The van der Waals surface area contributed by atoms with E-state index in [0.717, 1.165) is 48.4 Å². The van der Waals surface area contributed by atoms with Crippen molar-refractivity contribution in [1.29, 1.82) is 0 Å². The molecule has 1 aliphatic heterocycles. The van der Waals surface area contributed by atoms with Crippen molar-refractivity contribution in [1.82, 2.24) is 20.0 Å². The molecule has 5 nitrogen and oxygen atoms in total. The number of nitrogens with one attached hydrogen (secondary N) is 1. The van der Waals surface area contributed by atoms with Gasteiger partial charge >= 0.3 is 0 Å². The number of carbonyl (C=O) groups is 1. The summed E-state index contributed by atoms with van der Waals surface area (Å²) in [6.07, 6.45) is 1.64. The Morgan fingerprint density at radius 1 is 1.00 bits per heavy atom. The van der Waals surface area contributed by atoms with E-state index in [9.17, 15) is 13.6 Å². The Morgan fingerprint density at radius 3 is 2.44 bits per heavy atom. The first-order chi connectivity index (χ1) is 15.4. The monoisotopic (exact) mass is 438 g/mol. The van der Waals surface area contributed by atoms with Gasteiger partial charge in [0.25, 0.3) is 5.91 Å². The number of piperidine rings is 1. The molecule has 1 N–H and O–H groups in total. The molecule has 0 saturated carbocycles. The molecule has 1 aromatic heterocycles. The van der Waals surface area contributed by atoms with Crippen LogP contribution < -0.4 is 5.32 Å². The molecule has 0 aliphatic carbocycles. The van der Waals surface area contributed by atoms with Gasteiger partial charge in [-0.05, 0) is 68.1 Å². The van der Waals surface area contributed by atoms with Crippen molar-refractivity contribution in [2.45, 2.75) is 45.8 Å². The van der Waals surface area contributed by atoms with Gasteiger partial charge in [-0.2, -0.15) is 5.10 Å². The minimum absolute atomic E-state index is 0.0701. The number of likely N-dealkylation sites (tertiary alicyclic amines) is 1. The minimum atomic E-state index is -0.825. The van der Waals surface area contributed by atoms with Crippen molar-refractivity contribution in [3.05, 3.63) is 88.2 Å². The van der Waals surface area contributed by atoms with E-state index < -0.39 is 11.6 Å². The van der Waals surface area contributed by atoms with E-state index in [-0.39, 0.29) is 11.9 Å². The summed E-state index contributed by atoms with van der Waals surface area (Å²) in [5.41, 5.74) is 4.50. The molecular formula is C25H28F2N4O. The summed E-state index contributed by atoms with van der Waals surface area (Å²) in [5, 5.41) is 7.64. The maximum atomic E-state index is 13.4. The highest BCUT2D eigenvalue weighted by molar-refractivity contribution is 5.94. The van der Waals surface area contributed by atoms with Crippen molar-refractivity contribution in [2.75, 3.05) is 13.1 Å². The third kappa shape index (κ3) is 5.40. The number of benzene rings is 2. The summed E-state index contributed by atoms with van der Waals surface area (Å²) in [6, 6.07) is 13.8. The molecule has 0 atom stereocenters. The maximum Gasteiger partial charge on any atom is 0.251 e. The Labute approximate surface area is 187 Å². The molecule has 0 radical (unpaired) electrons. The summed E-state index contributed by atoms with van der Waals surface area (Å²) in [4.78, 5) is 15.0. The first kappa shape index (κ1) is 22.1. The van der Waals surface area contributed by atoms with Crippen LogP contribution in [0.5, 0.6) is 0 Å². The van der Waals surface area contributed by atoms with Crippen LogP contribution in [0, 0.1) is 25.5 Å². The van der Waals surface area contributed by atoms with Crippen LogP contribution in [0.3, 0.4) is 0 Å². The second kappa shape index (κ2) is 9.61. The number of aromatic nitrogens is 2. The van der Waals surface area contributed by atoms with Crippen LogP contribution in [0.1, 0.15) is 45.7 Å². The average Bonchev–Trinajstić information content (AvgIpc) is 3.09. The summed E-state index contributed by atoms with van der Waals surface area (Å²) in [7, 11) is 0. The fraction of sp³-hybridized carbons (Fsp3) is 0.360. The topological polar surface area (TPSA) is 50.2 Å². The molecule has 1 saturated heterocycles. The normalized spacial score (nSPS) is 15.1. The van der Waals surface area contributed by atoms with Gasteiger partial charge in [-0.25, -0.2) is 8.78 Å². The van der Waals surface area contributed by atoms with Gasteiger partial charge in [-0.15, -0.1) is 0 Å². The van der Waals surface area contributed by atoms with Crippen LogP contribution in [0.4, 0.5) is 8.78 Å². The molecule has 0 bridgehead atoms. The van der Waals surface area contributed by atoms with E-state index in [1.54, 1.807) is 6.07 Å². The Bertz CT molecular complexity index is 1100. The van der Waals surface area contributed by atoms with Gasteiger partial charge in [0.1, 0.15) is 0 Å². The van der Waals surface area contributed by atoms with Crippen molar-refractivity contribution < 1.29 is 13.6 Å². The van der Waals surface area contributed by atoms with Gasteiger partial charge in [-0.3, -0.25) is 14.4 Å². The van der Waals surface area contributed by atoms with Gasteiger partial charge in [0.05, 0.1) is 12.2 Å². The molecule has 7 heteroatoms. The van der Waals surface area contributed by atoms with Crippen LogP contribution in [0.2, 0.25) is 0 Å². The zero-order valence-electron chi connectivity index (χ0n) is 18.4. The first-order valence-electron chi connectivity index (χ1n) is 10.9. The standard InChI is InChI=1S/C25H28F2N4O/c1-17-12-18(2)31(29-17)16-19-4-3-5-21(13-19)25(32)28-22-8-10-30(11-9-22)15-20-6-7-23(26)24(27)14-20/h3-7,12-14,22H,8-11,15-16H2,1-2H3,(H,28,32). The zero-order chi connectivity index (χ0) is 22.7. The zero-order valence-corrected chi connectivity index (χ0v) is 18.4. The lowest BCUT2D eigenvalue weighted by molar-refractivity contribution is 0.0908. The average molecular weight is 439 g/mol. The minimum Gasteiger partial charge on any atom is -0.349 e. The second-order valence-corrected chi connectivity index (χ2v) is 8.56. The fourth-order valence-electron chi connectivity index (χ4n) is 4.22. The van der Waals surface area contributed by atoms with Crippen molar-refractivity contribution in [3.63, 3.8) is 0 Å². The predicted molar refractivity (Wildman–Crippen MR) is 119 cm³/mol. The molecule has 1 fully saturated rings. The van der Waals surface area contributed by atoms with E-state index in [4.69, 9.17) is 0 Å². The Kier molecular flexibility index (Phi) is 6.65. The van der Waals surface area contributed by atoms with E-state index in [1.807, 2.05) is 48.9 Å². The molecule has 168 valence electrons. The quantitative estimate of drug-likeness (QED) is 0.627. The van der Waals surface area contributed by atoms with Crippen LogP contribution in [-0.4, -0.2) is 39.7 Å². The lowest BCUT2D eigenvalue weighted by Gasteiger charge is -2.32. The predicted octanol–water partition coefficient (Wildman–Crippen LogP) is 4.22. The Balaban J connectivity index is 1.30. The number of nitrogens with zero attached hydrogens (tertiary/aromatic N) is 3. The fourth-order valence-corrected chi connectivity index (χ4v) is 4.22. The highest BCUT2D eigenvalue weighted by Crippen LogP contribution is 2.17. The second-order valence-electron chi connectivity index (χ2n) is 8.56. The lowest BCUT2D eigenvalue weighted by atomic mass is 10.0. The van der Waals surface area contributed by atoms with Gasteiger partial charge in [0, 0.05) is 36.9 Å². The number of carbonyl (C=O) groups excluding carboxylic acids is 1. The number of hydrogen-bond donors (Lipinski definition) is 1. The van der Waals surface area contributed by atoms with Crippen molar-refractivity contribution >= 4 is 5.91 Å². The molecule has 1 amide bonds. The molecule has 0 spiro atoms. The third-order valence-corrected chi connectivity index (χ3v) is 5.94. The molecular weight excluding hydrogens is 410 g/mol. The van der Waals surface area contributed by atoms with Gasteiger partial charge in [-0.1, -0.05) is 18.2 Å². The number of halogens is 2. The largest absolute Gasteiger partial charge is 0.349 e. The van der Waals surface area contributed by atoms with Crippen LogP contribution >= 0.6 is 0 Å². The lowest BCUT2D eigenvalue weighted by Crippen LogP contribution is -2.44. The number of aryl methyl sites for hydroxylation is 2. The smallest absolute Gasteiger partial charge is 0.251 e. The van der Waals surface area contributed by atoms with Crippen molar-refractivity contribution in [3.8, 4) is 0 Å². The molecule has 2 heterocycles. The van der Waals surface area contributed by atoms with Crippen LogP contribution in [-0.2, 0) is 13.1 Å². The first-order valence-corrected chi connectivity index (χ1v) is 10.9. The summed E-state index contributed by atoms with van der Waals surface area (Å²) < 4.78 is 28.5. The molecule has 4 rings (SSSR count). The van der Waals surface area contributed by atoms with E-state index in [2.05, 4.69) is 15.3 Å². The summed E-state index contributed by atoms with van der Waals surface area (Å²) in [6.45, 7) is 6.78. The molecule has 2 aromatic carbocycles. The van der Waals surface area contributed by atoms with Crippen molar-refractivity contribution in [2.24, 2.45) is 0 Å². The van der Waals surface area contributed by atoms with E-state index >= 15 is 0 Å². The molecule has 3 aromatic rings. The Hall–Kier alpha value is -3.06. The molecule has 32 heavy (non-hydrogen) atoms. The van der Waals surface area contributed by atoms with E-state index in [1.165, 1.54) is 12.1 Å². The van der Waals surface area contributed by atoms with Gasteiger partial charge in [0.2, 0.25) is 0 Å². The SMILES string of the molecule is Cc1cc(C)n(Cc2cccc(C(=O)NC3CCN(Cc4ccc(F)c(F)c4)CC3)c2)n1. The maximum absolute atomic E-state index is 13.4. The van der Waals surface area contributed by atoms with Gasteiger partial charge in [0.15, 0.2) is 11.6 Å². The third-order valence-electron chi connectivity index (χ3n) is 5.94. The van der Waals surface area contributed by atoms with Gasteiger partial charge < -0.3 is 5.32 Å². The number of rotatable bonds is 6. The highest BCUT2D eigenvalue weighted by Gasteiger charge is 2.21. The Morgan fingerprint density at radius 2 is 1.75 bits per heavy atom. The van der Waals surface area contributed by atoms with E-state index in [0.29, 0.717) is 18.7 Å². The summed E-state index contributed by atoms with van der Waals surface area (Å²) in [5.74, 6) is -1.71. The molecule has 0 unspecified atom stereocenters. The van der Waals surface area contributed by atoms with Crippen LogP contribution in [0.15, 0.2) is 48.5 Å². The summed E-state index contributed by atoms with van der Waals surface area (Å²) >= 11 is 0.